The second kappa shape index (κ2) is 7.31. The molecule has 0 atom stereocenters. The average Bonchev–Trinajstić information content (AvgIpc) is 2.53. The van der Waals surface area contributed by atoms with Crippen LogP contribution < -0.4 is 15.9 Å². The summed E-state index contributed by atoms with van der Waals surface area (Å²) in [6, 6.07) is 15.6. The van der Waals surface area contributed by atoms with E-state index in [-0.39, 0.29) is 18.3 Å². The van der Waals surface area contributed by atoms with Gasteiger partial charge in [0.2, 0.25) is 0 Å². The number of hydrogen-bond acceptors (Lipinski definition) is 3. The Morgan fingerprint density at radius 2 is 1.81 bits per heavy atom. The highest BCUT2D eigenvalue weighted by Gasteiger charge is 2.03. The highest BCUT2D eigenvalue weighted by Crippen LogP contribution is 2.15. The van der Waals surface area contributed by atoms with Gasteiger partial charge in [-0.05, 0) is 36.4 Å². The molecule has 0 fully saturated rings. The molecule has 0 unspecified atom stereocenters. The molecule has 2 rings (SSSR count). The standard InChI is InChI=1S/C15H14ClN3O2/c16-12-6-8-13(9-7-12)21-10-14(17)18-19-15(20)11-4-2-1-3-5-11/h1-9H,10H2,(H2,17,18)(H,19,20). The van der Waals surface area contributed by atoms with Gasteiger partial charge in [0.1, 0.15) is 12.4 Å². The maximum absolute atomic E-state index is 11.7. The molecule has 2 aromatic rings. The third kappa shape index (κ3) is 4.81. The summed E-state index contributed by atoms with van der Waals surface area (Å²) in [6.45, 7) is 0.0662. The van der Waals surface area contributed by atoms with E-state index >= 15 is 0 Å². The minimum atomic E-state index is -0.329. The number of carbonyl (C=O) groups is 1. The SMILES string of the molecule is N/C(COc1ccc(Cl)cc1)=N\NC(=O)c1ccccc1. The molecule has 5 nitrogen and oxygen atoms in total. The topological polar surface area (TPSA) is 76.7 Å². The van der Waals surface area contributed by atoms with E-state index in [9.17, 15) is 4.79 Å². The molecule has 0 saturated heterocycles. The van der Waals surface area contributed by atoms with Crippen molar-refractivity contribution in [3.8, 4) is 5.75 Å². The van der Waals surface area contributed by atoms with E-state index < -0.39 is 0 Å². The lowest BCUT2D eigenvalue weighted by atomic mass is 10.2. The minimum Gasteiger partial charge on any atom is -0.486 e. The van der Waals surface area contributed by atoms with Crippen molar-refractivity contribution in [2.24, 2.45) is 10.8 Å². The van der Waals surface area contributed by atoms with Crippen molar-refractivity contribution >= 4 is 23.3 Å². The van der Waals surface area contributed by atoms with Crippen LogP contribution in [-0.4, -0.2) is 18.3 Å². The Kier molecular flexibility index (Phi) is 5.17. The third-order valence-electron chi connectivity index (χ3n) is 2.54. The largest absolute Gasteiger partial charge is 0.486 e. The van der Waals surface area contributed by atoms with E-state index in [2.05, 4.69) is 10.5 Å². The lowest BCUT2D eigenvalue weighted by Crippen LogP contribution is -2.27. The summed E-state index contributed by atoms with van der Waals surface area (Å²) in [5.74, 6) is 0.450. The Balaban J connectivity index is 1.84. The van der Waals surface area contributed by atoms with E-state index in [4.69, 9.17) is 22.1 Å². The van der Waals surface area contributed by atoms with Crippen LogP contribution in [0.5, 0.6) is 5.75 Å². The number of halogens is 1. The summed E-state index contributed by atoms with van der Waals surface area (Å²) < 4.78 is 5.40. The van der Waals surface area contributed by atoms with Gasteiger partial charge in [-0.25, -0.2) is 5.43 Å². The first-order valence-corrected chi connectivity index (χ1v) is 6.59. The number of carbonyl (C=O) groups excluding carboxylic acids is 1. The monoisotopic (exact) mass is 303 g/mol. The Bertz CT molecular complexity index is 627. The van der Waals surface area contributed by atoms with Gasteiger partial charge in [0, 0.05) is 10.6 Å². The van der Waals surface area contributed by atoms with Crippen molar-refractivity contribution in [2.45, 2.75) is 0 Å². The van der Waals surface area contributed by atoms with Crippen LogP contribution in [0.25, 0.3) is 0 Å². The number of nitrogens with zero attached hydrogens (tertiary/aromatic N) is 1. The van der Waals surface area contributed by atoms with Gasteiger partial charge >= 0.3 is 0 Å². The Hall–Kier alpha value is -2.53. The molecule has 0 aromatic heterocycles. The van der Waals surface area contributed by atoms with Gasteiger partial charge in [-0.3, -0.25) is 4.79 Å². The zero-order valence-corrected chi connectivity index (χ0v) is 11.9. The molecule has 3 N–H and O–H groups in total. The molecule has 0 bridgehead atoms. The van der Waals surface area contributed by atoms with Crippen molar-refractivity contribution in [1.82, 2.24) is 5.43 Å². The number of amides is 1. The molecule has 0 aliphatic rings. The van der Waals surface area contributed by atoms with Crippen LogP contribution in [0.4, 0.5) is 0 Å². The number of amidine groups is 1. The molecule has 0 radical (unpaired) electrons. The fourth-order valence-electron chi connectivity index (χ4n) is 1.50. The quantitative estimate of drug-likeness (QED) is 0.506. The van der Waals surface area contributed by atoms with Crippen LogP contribution in [0.15, 0.2) is 59.7 Å². The maximum Gasteiger partial charge on any atom is 0.271 e. The van der Waals surface area contributed by atoms with Crippen molar-refractivity contribution in [1.29, 1.82) is 0 Å². The number of hydrogen-bond donors (Lipinski definition) is 2. The van der Waals surface area contributed by atoms with Crippen LogP contribution in [0, 0.1) is 0 Å². The summed E-state index contributed by atoms with van der Waals surface area (Å²) in [6.07, 6.45) is 0. The molecule has 2 aromatic carbocycles. The van der Waals surface area contributed by atoms with Gasteiger partial charge in [0.05, 0.1) is 0 Å². The molecule has 1 amide bonds. The third-order valence-corrected chi connectivity index (χ3v) is 2.79. The molecule has 0 aliphatic heterocycles. The van der Waals surface area contributed by atoms with E-state index in [1.165, 1.54) is 0 Å². The molecule has 0 aliphatic carbocycles. The van der Waals surface area contributed by atoms with E-state index in [0.29, 0.717) is 16.3 Å². The zero-order chi connectivity index (χ0) is 15.1. The van der Waals surface area contributed by atoms with Crippen LogP contribution in [-0.2, 0) is 0 Å². The Morgan fingerprint density at radius 1 is 1.14 bits per heavy atom. The normalized spacial score (nSPS) is 11.0. The fourth-order valence-corrected chi connectivity index (χ4v) is 1.62. The molecular formula is C15H14ClN3O2. The van der Waals surface area contributed by atoms with Gasteiger partial charge in [-0.15, -0.1) is 0 Å². The lowest BCUT2D eigenvalue weighted by molar-refractivity contribution is 0.0954. The van der Waals surface area contributed by atoms with Crippen LogP contribution in [0.3, 0.4) is 0 Å². The Morgan fingerprint density at radius 3 is 2.48 bits per heavy atom. The van der Waals surface area contributed by atoms with Crippen molar-refractivity contribution < 1.29 is 9.53 Å². The summed E-state index contributed by atoms with van der Waals surface area (Å²) in [5, 5.41) is 4.40. The number of benzene rings is 2. The second-order valence-corrected chi connectivity index (χ2v) is 4.59. The van der Waals surface area contributed by atoms with Crippen molar-refractivity contribution in [3.05, 3.63) is 65.2 Å². The number of nitrogens with two attached hydrogens (primary N) is 1. The predicted molar refractivity (Wildman–Crippen MR) is 82.5 cm³/mol. The molecule has 6 heteroatoms. The smallest absolute Gasteiger partial charge is 0.271 e. The van der Waals surface area contributed by atoms with Gasteiger partial charge < -0.3 is 10.5 Å². The molecule has 0 heterocycles. The van der Waals surface area contributed by atoms with Crippen LogP contribution in [0.1, 0.15) is 10.4 Å². The lowest BCUT2D eigenvalue weighted by Gasteiger charge is -2.06. The number of rotatable bonds is 5. The first-order valence-electron chi connectivity index (χ1n) is 6.21. The zero-order valence-electron chi connectivity index (χ0n) is 11.1. The Labute approximate surface area is 127 Å². The summed E-state index contributed by atoms with van der Waals surface area (Å²) in [7, 11) is 0. The molecule has 108 valence electrons. The molecule has 0 saturated carbocycles. The molecule has 21 heavy (non-hydrogen) atoms. The van der Waals surface area contributed by atoms with E-state index in [1.807, 2.05) is 6.07 Å². The minimum absolute atomic E-state index is 0.0662. The number of nitrogens with one attached hydrogen (secondary N) is 1. The van der Waals surface area contributed by atoms with Gasteiger partial charge in [0.15, 0.2) is 5.84 Å². The van der Waals surface area contributed by atoms with Crippen molar-refractivity contribution in [2.75, 3.05) is 6.61 Å². The number of hydrazone groups is 1. The summed E-state index contributed by atoms with van der Waals surface area (Å²) in [4.78, 5) is 11.7. The highest BCUT2D eigenvalue weighted by atomic mass is 35.5. The van der Waals surface area contributed by atoms with Crippen LogP contribution in [0.2, 0.25) is 5.02 Å². The van der Waals surface area contributed by atoms with Gasteiger partial charge in [-0.1, -0.05) is 29.8 Å². The fraction of sp³-hybridized carbons (Fsp3) is 0.0667. The first-order chi connectivity index (χ1) is 10.1. The highest BCUT2D eigenvalue weighted by molar-refractivity contribution is 6.30. The van der Waals surface area contributed by atoms with Crippen molar-refractivity contribution in [3.63, 3.8) is 0 Å². The summed E-state index contributed by atoms with van der Waals surface area (Å²) >= 11 is 5.77. The average molecular weight is 304 g/mol. The van der Waals surface area contributed by atoms with Crippen LogP contribution >= 0.6 is 11.6 Å². The molecular weight excluding hydrogens is 290 g/mol. The second-order valence-electron chi connectivity index (χ2n) is 4.15. The maximum atomic E-state index is 11.7. The summed E-state index contributed by atoms with van der Waals surface area (Å²) in [5.41, 5.74) is 8.54. The molecule has 0 spiro atoms. The van der Waals surface area contributed by atoms with E-state index in [1.54, 1.807) is 48.5 Å². The number of ether oxygens (including phenoxy) is 1. The van der Waals surface area contributed by atoms with Gasteiger partial charge in [-0.2, -0.15) is 5.10 Å². The first kappa shape index (κ1) is 14.9. The van der Waals surface area contributed by atoms with Gasteiger partial charge in [0.25, 0.3) is 5.91 Å². The predicted octanol–water partition coefficient (Wildman–Crippen LogP) is 2.42. The van der Waals surface area contributed by atoms with E-state index in [0.717, 1.165) is 0 Å².